The lowest BCUT2D eigenvalue weighted by atomic mass is 10.2. The fourth-order valence-corrected chi connectivity index (χ4v) is 4.77. The summed E-state index contributed by atoms with van der Waals surface area (Å²) in [6.07, 6.45) is 0. The number of para-hydroxylation sites is 1. The molecule has 32 heavy (non-hydrogen) atoms. The highest BCUT2D eigenvalue weighted by molar-refractivity contribution is 7.98. The molecule has 0 saturated heterocycles. The van der Waals surface area contributed by atoms with Crippen molar-refractivity contribution in [2.75, 3.05) is 13.2 Å². The average Bonchev–Trinajstić information content (AvgIpc) is 3.28. The zero-order valence-corrected chi connectivity index (χ0v) is 18.3. The van der Waals surface area contributed by atoms with Gasteiger partial charge < -0.3 is 9.47 Å². The Morgan fingerprint density at radius 2 is 1.78 bits per heavy atom. The molecule has 0 amide bonds. The minimum absolute atomic E-state index is 0.545. The van der Waals surface area contributed by atoms with E-state index >= 15 is 0 Å². The Labute approximate surface area is 189 Å². The Morgan fingerprint density at radius 3 is 2.69 bits per heavy atom. The molecule has 0 N–H and O–H groups in total. The zero-order valence-electron chi connectivity index (χ0n) is 17.5. The highest BCUT2D eigenvalue weighted by atomic mass is 32.2. The van der Waals surface area contributed by atoms with Gasteiger partial charge in [-0.15, -0.1) is 5.10 Å². The molecule has 0 fully saturated rings. The normalized spacial score (nSPS) is 13.0. The highest BCUT2D eigenvalue weighted by Crippen LogP contribution is 2.34. The molecule has 7 heteroatoms. The van der Waals surface area contributed by atoms with Crippen LogP contribution in [0.4, 0.5) is 0 Å². The molecule has 0 aliphatic carbocycles. The largest absolute Gasteiger partial charge is 0.486 e. The predicted octanol–water partition coefficient (Wildman–Crippen LogP) is 5.32. The topological polar surface area (TPSA) is 61.5 Å². The molecule has 6 rings (SSSR count). The van der Waals surface area contributed by atoms with E-state index in [2.05, 4.69) is 31.2 Å². The maximum atomic E-state index is 5.75. The summed E-state index contributed by atoms with van der Waals surface area (Å²) in [6, 6.07) is 22.4. The van der Waals surface area contributed by atoms with Gasteiger partial charge in [-0.3, -0.25) is 0 Å². The number of hydrogen-bond donors (Lipinski definition) is 0. The third kappa shape index (κ3) is 3.44. The zero-order chi connectivity index (χ0) is 21.5. The van der Waals surface area contributed by atoms with Crippen LogP contribution in [-0.4, -0.2) is 32.8 Å². The molecule has 0 bridgehead atoms. The van der Waals surface area contributed by atoms with Crippen LogP contribution in [0.25, 0.3) is 27.9 Å². The number of thioether (sulfide) groups is 1. The van der Waals surface area contributed by atoms with Gasteiger partial charge in [-0.2, -0.15) is 4.52 Å². The van der Waals surface area contributed by atoms with Gasteiger partial charge in [-0.1, -0.05) is 53.7 Å². The maximum absolute atomic E-state index is 5.75. The van der Waals surface area contributed by atoms with Crippen molar-refractivity contribution in [3.05, 3.63) is 77.9 Å². The first-order valence-electron chi connectivity index (χ1n) is 10.5. The van der Waals surface area contributed by atoms with Gasteiger partial charge in [0.05, 0.1) is 5.52 Å². The summed E-state index contributed by atoms with van der Waals surface area (Å²) in [7, 11) is 0. The van der Waals surface area contributed by atoms with Gasteiger partial charge in [0.25, 0.3) is 0 Å². The van der Waals surface area contributed by atoms with Crippen molar-refractivity contribution in [2.45, 2.75) is 17.8 Å². The van der Waals surface area contributed by atoms with Gasteiger partial charge in [0.2, 0.25) is 0 Å². The highest BCUT2D eigenvalue weighted by Gasteiger charge is 2.18. The monoisotopic (exact) mass is 440 g/mol. The third-order valence-electron chi connectivity index (χ3n) is 5.40. The fraction of sp³-hybridized carbons (Fsp3) is 0.160. The first kappa shape index (κ1) is 19.1. The van der Waals surface area contributed by atoms with E-state index < -0.39 is 0 Å². The molecule has 0 spiro atoms. The van der Waals surface area contributed by atoms with E-state index in [1.54, 1.807) is 11.8 Å². The van der Waals surface area contributed by atoms with Crippen molar-refractivity contribution in [1.29, 1.82) is 0 Å². The van der Waals surface area contributed by atoms with Crippen LogP contribution in [0.5, 0.6) is 11.5 Å². The lowest BCUT2D eigenvalue weighted by Gasteiger charge is -2.18. The molecular formula is C25H20N4O2S. The van der Waals surface area contributed by atoms with E-state index in [1.807, 2.05) is 47.0 Å². The minimum atomic E-state index is 0.545. The van der Waals surface area contributed by atoms with E-state index in [9.17, 15) is 0 Å². The maximum Gasteiger partial charge on any atom is 0.191 e. The van der Waals surface area contributed by atoms with Gasteiger partial charge in [0.1, 0.15) is 13.2 Å². The molecular weight excluding hydrogens is 420 g/mol. The standard InChI is InChI=1S/C25H20N4O2S/c1-16-5-4-6-17(13-16)15-32-25-26-20-8-3-2-7-19(20)24-27-23(28-29(24)25)18-9-10-21-22(14-18)31-12-11-30-21/h2-10,13-14H,11-12,15H2,1H3. The summed E-state index contributed by atoms with van der Waals surface area (Å²) in [5.74, 6) is 2.92. The molecule has 6 nitrogen and oxygen atoms in total. The van der Waals surface area contributed by atoms with Crippen molar-refractivity contribution in [1.82, 2.24) is 19.6 Å². The smallest absolute Gasteiger partial charge is 0.191 e. The molecule has 1 aliphatic heterocycles. The molecule has 0 unspecified atom stereocenters. The summed E-state index contributed by atoms with van der Waals surface area (Å²) in [5.41, 5.74) is 5.10. The van der Waals surface area contributed by atoms with E-state index in [4.69, 9.17) is 24.5 Å². The minimum Gasteiger partial charge on any atom is -0.486 e. The molecule has 5 aromatic rings. The second-order valence-electron chi connectivity index (χ2n) is 7.72. The number of ether oxygens (including phenoxy) is 2. The van der Waals surface area contributed by atoms with Crippen molar-refractivity contribution >= 4 is 28.3 Å². The van der Waals surface area contributed by atoms with Gasteiger partial charge in [-0.25, -0.2) is 9.97 Å². The molecule has 0 radical (unpaired) electrons. The lowest BCUT2D eigenvalue weighted by Crippen LogP contribution is -2.15. The quantitative estimate of drug-likeness (QED) is 0.279. The van der Waals surface area contributed by atoms with Crippen LogP contribution in [0.15, 0.2) is 71.9 Å². The second-order valence-corrected chi connectivity index (χ2v) is 8.66. The van der Waals surface area contributed by atoms with Crippen LogP contribution >= 0.6 is 11.8 Å². The summed E-state index contributed by atoms with van der Waals surface area (Å²) >= 11 is 1.66. The van der Waals surface area contributed by atoms with E-state index in [0.717, 1.165) is 44.5 Å². The summed E-state index contributed by atoms with van der Waals surface area (Å²) < 4.78 is 13.3. The Balaban J connectivity index is 1.45. The molecule has 158 valence electrons. The molecule has 2 aromatic heterocycles. The van der Waals surface area contributed by atoms with Gasteiger partial charge in [0, 0.05) is 16.7 Å². The Bertz CT molecular complexity index is 1460. The second kappa shape index (κ2) is 7.84. The first-order chi connectivity index (χ1) is 15.7. The molecule has 3 heterocycles. The SMILES string of the molecule is Cc1cccc(CSc2nc3ccccc3c3nc(-c4ccc5c(c4)OCCO5)nn23)c1. The van der Waals surface area contributed by atoms with Crippen molar-refractivity contribution < 1.29 is 9.47 Å². The number of nitrogens with zero attached hydrogens (tertiary/aromatic N) is 4. The number of hydrogen-bond acceptors (Lipinski definition) is 6. The lowest BCUT2D eigenvalue weighted by molar-refractivity contribution is 0.171. The first-order valence-corrected chi connectivity index (χ1v) is 11.5. The summed E-state index contributed by atoms with van der Waals surface area (Å²) in [5, 5.41) is 6.63. The predicted molar refractivity (Wildman–Crippen MR) is 125 cm³/mol. The Hall–Kier alpha value is -3.58. The number of rotatable bonds is 4. The molecule has 0 saturated carbocycles. The average molecular weight is 441 g/mol. The molecule has 3 aromatic carbocycles. The van der Waals surface area contributed by atoms with E-state index in [0.29, 0.717) is 19.0 Å². The van der Waals surface area contributed by atoms with Crippen LogP contribution < -0.4 is 9.47 Å². The number of fused-ring (bicyclic) bond motifs is 4. The van der Waals surface area contributed by atoms with Crippen LogP contribution in [0.2, 0.25) is 0 Å². The van der Waals surface area contributed by atoms with E-state index in [-0.39, 0.29) is 0 Å². The van der Waals surface area contributed by atoms with Crippen LogP contribution in [-0.2, 0) is 5.75 Å². The summed E-state index contributed by atoms with van der Waals surface area (Å²) in [4.78, 5) is 9.79. The van der Waals surface area contributed by atoms with Gasteiger partial charge in [-0.05, 0) is 42.8 Å². The van der Waals surface area contributed by atoms with Crippen molar-refractivity contribution in [2.24, 2.45) is 0 Å². The van der Waals surface area contributed by atoms with Crippen molar-refractivity contribution in [3.63, 3.8) is 0 Å². The third-order valence-corrected chi connectivity index (χ3v) is 6.40. The van der Waals surface area contributed by atoms with E-state index in [1.165, 1.54) is 11.1 Å². The number of benzene rings is 3. The Morgan fingerprint density at radius 1 is 0.906 bits per heavy atom. The van der Waals surface area contributed by atoms with Crippen LogP contribution in [0.3, 0.4) is 0 Å². The molecule has 1 aliphatic rings. The number of aromatic nitrogens is 4. The van der Waals surface area contributed by atoms with Crippen molar-refractivity contribution in [3.8, 4) is 22.9 Å². The number of aryl methyl sites for hydroxylation is 1. The fourth-order valence-electron chi connectivity index (χ4n) is 3.88. The van der Waals surface area contributed by atoms with Gasteiger partial charge >= 0.3 is 0 Å². The summed E-state index contributed by atoms with van der Waals surface area (Å²) in [6.45, 7) is 3.22. The van der Waals surface area contributed by atoms with Crippen LogP contribution in [0.1, 0.15) is 11.1 Å². The van der Waals surface area contributed by atoms with Crippen LogP contribution in [0, 0.1) is 6.92 Å². The van der Waals surface area contributed by atoms with Gasteiger partial charge in [0.15, 0.2) is 28.1 Å². The molecule has 0 atom stereocenters. The Kier molecular flexibility index (Phi) is 4.69.